The number of hydrogen-bond acceptors (Lipinski definition) is 4. The Labute approximate surface area is 100 Å². The van der Waals surface area contributed by atoms with Crippen molar-refractivity contribution in [3.63, 3.8) is 0 Å². The molecule has 0 aromatic carbocycles. The van der Waals surface area contributed by atoms with Gasteiger partial charge in [0, 0.05) is 19.3 Å². The minimum atomic E-state index is -0.421. The Morgan fingerprint density at radius 2 is 2.47 bits per heavy atom. The van der Waals surface area contributed by atoms with E-state index >= 15 is 0 Å². The summed E-state index contributed by atoms with van der Waals surface area (Å²) in [4.78, 5) is 17.9. The molecule has 17 heavy (non-hydrogen) atoms. The van der Waals surface area contributed by atoms with Crippen LogP contribution in [0.5, 0.6) is 5.88 Å². The first-order valence-corrected chi connectivity index (χ1v) is 5.68. The quantitative estimate of drug-likeness (QED) is 0.820. The Balaban J connectivity index is 2.18. The lowest BCUT2D eigenvalue weighted by atomic mass is 10.1. The first kappa shape index (κ1) is 11.9. The Morgan fingerprint density at radius 1 is 1.65 bits per heavy atom. The van der Waals surface area contributed by atoms with Gasteiger partial charge in [-0.15, -0.1) is 0 Å². The summed E-state index contributed by atoms with van der Waals surface area (Å²) in [7, 11) is 1.49. The fourth-order valence-corrected chi connectivity index (χ4v) is 2.03. The van der Waals surface area contributed by atoms with Crippen molar-refractivity contribution < 1.29 is 14.6 Å². The van der Waals surface area contributed by atoms with E-state index in [4.69, 9.17) is 4.74 Å². The summed E-state index contributed by atoms with van der Waals surface area (Å²) in [6.07, 6.45) is 2.75. The monoisotopic (exact) mass is 236 g/mol. The number of aliphatic hydroxyl groups is 1. The molecule has 5 heteroatoms. The molecule has 1 N–H and O–H groups in total. The SMILES string of the molecule is COc1ncccc1C(=O)N1CCC[C@H](O)C1. The van der Waals surface area contributed by atoms with Crippen LogP contribution in [0.15, 0.2) is 18.3 Å². The van der Waals surface area contributed by atoms with E-state index < -0.39 is 6.10 Å². The van der Waals surface area contributed by atoms with E-state index in [0.717, 1.165) is 12.8 Å². The second kappa shape index (κ2) is 5.14. The van der Waals surface area contributed by atoms with E-state index in [2.05, 4.69) is 4.98 Å². The van der Waals surface area contributed by atoms with Gasteiger partial charge in [-0.3, -0.25) is 4.79 Å². The van der Waals surface area contributed by atoms with E-state index in [0.29, 0.717) is 24.5 Å². The van der Waals surface area contributed by atoms with Gasteiger partial charge in [0.05, 0.1) is 13.2 Å². The average molecular weight is 236 g/mol. The van der Waals surface area contributed by atoms with Crippen molar-refractivity contribution in [2.75, 3.05) is 20.2 Å². The molecule has 0 aliphatic carbocycles. The van der Waals surface area contributed by atoms with Gasteiger partial charge in [-0.25, -0.2) is 4.98 Å². The third kappa shape index (κ3) is 2.55. The molecule has 0 unspecified atom stereocenters. The highest BCUT2D eigenvalue weighted by atomic mass is 16.5. The van der Waals surface area contributed by atoms with Crippen LogP contribution in [-0.2, 0) is 0 Å². The molecule has 1 aliphatic heterocycles. The number of carbonyl (C=O) groups is 1. The van der Waals surface area contributed by atoms with Crippen LogP contribution < -0.4 is 4.74 Å². The molecule has 1 aromatic heterocycles. The number of amides is 1. The molecule has 5 nitrogen and oxygen atoms in total. The number of carbonyl (C=O) groups excluding carboxylic acids is 1. The van der Waals surface area contributed by atoms with Crippen LogP contribution in [0.1, 0.15) is 23.2 Å². The van der Waals surface area contributed by atoms with Crippen molar-refractivity contribution in [2.45, 2.75) is 18.9 Å². The topological polar surface area (TPSA) is 62.7 Å². The number of rotatable bonds is 2. The Kier molecular flexibility index (Phi) is 3.58. The third-order valence-corrected chi connectivity index (χ3v) is 2.88. The van der Waals surface area contributed by atoms with Crippen LogP contribution in [0.3, 0.4) is 0 Å². The minimum Gasteiger partial charge on any atom is -0.480 e. The van der Waals surface area contributed by atoms with Crippen molar-refractivity contribution in [3.8, 4) is 5.88 Å². The van der Waals surface area contributed by atoms with Crippen molar-refractivity contribution in [1.82, 2.24) is 9.88 Å². The number of likely N-dealkylation sites (tertiary alicyclic amines) is 1. The van der Waals surface area contributed by atoms with Gasteiger partial charge in [-0.2, -0.15) is 0 Å². The maximum Gasteiger partial charge on any atom is 0.259 e. The van der Waals surface area contributed by atoms with Crippen molar-refractivity contribution in [3.05, 3.63) is 23.9 Å². The first-order valence-electron chi connectivity index (χ1n) is 5.68. The molecule has 0 radical (unpaired) electrons. The van der Waals surface area contributed by atoms with Gasteiger partial charge in [-0.1, -0.05) is 0 Å². The van der Waals surface area contributed by atoms with Crippen molar-refractivity contribution in [1.29, 1.82) is 0 Å². The van der Waals surface area contributed by atoms with Gasteiger partial charge in [0.15, 0.2) is 0 Å². The summed E-state index contributed by atoms with van der Waals surface area (Å²) in [5.41, 5.74) is 0.448. The van der Waals surface area contributed by atoms with Gasteiger partial charge < -0.3 is 14.7 Å². The summed E-state index contributed by atoms with van der Waals surface area (Å²) in [5, 5.41) is 9.56. The zero-order valence-electron chi connectivity index (χ0n) is 9.80. The first-order chi connectivity index (χ1) is 8.22. The molecule has 1 atom stereocenters. The summed E-state index contributed by atoms with van der Waals surface area (Å²) < 4.78 is 5.06. The lowest BCUT2D eigenvalue weighted by molar-refractivity contribution is 0.0470. The summed E-state index contributed by atoms with van der Waals surface area (Å²) in [6.45, 7) is 1.06. The van der Waals surface area contributed by atoms with Crippen LogP contribution in [0.25, 0.3) is 0 Å². The molecule has 1 aromatic rings. The average Bonchev–Trinajstić information content (AvgIpc) is 2.38. The molecular weight excluding hydrogens is 220 g/mol. The number of nitrogens with zero attached hydrogens (tertiary/aromatic N) is 2. The number of ether oxygens (including phenoxy) is 1. The second-order valence-electron chi connectivity index (χ2n) is 4.11. The maximum atomic E-state index is 12.2. The molecule has 92 valence electrons. The number of pyridine rings is 1. The fraction of sp³-hybridized carbons (Fsp3) is 0.500. The van der Waals surface area contributed by atoms with Crippen LogP contribution in [0.2, 0.25) is 0 Å². The number of β-amino-alcohol motifs (C(OH)–C–C–N with tert-alkyl or cyclic N) is 1. The highest BCUT2D eigenvalue weighted by molar-refractivity contribution is 5.96. The number of hydrogen-bond donors (Lipinski definition) is 1. The largest absolute Gasteiger partial charge is 0.480 e. The second-order valence-corrected chi connectivity index (χ2v) is 4.11. The number of methoxy groups -OCH3 is 1. The molecule has 2 rings (SSSR count). The fourth-order valence-electron chi connectivity index (χ4n) is 2.03. The minimum absolute atomic E-state index is 0.131. The standard InChI is InChI=1S/C12H16N2O3/c1-17-11-10(5-2-6-13-11)12(16)14-7-3-4-9(15)8-14/h2,5-6,9,15H,3-4,7-8H2,1H3/t9-/m0/s1. The van der Waals surface area contributed by atoms with E-state index in [9.17, 15) is 9.90 Å². The van der Waals surface area contributed by atoms with E-state index in [-0.39, 0.29) is 5.91 Å². The summed E-state index contributed by atoms with van der Waals surface area (Å²) in [6, 6.07) is 3.39. The van der Waals surface area contributed by atoms with Crippen LogP contribution in [0.4, 0.5) is 0 Å². The molecule has 2 heterocycles. The zero-order valence-corrected chi connectivity index (χ0v) is 9.80. The molecule has 0 bridgehead atoms. The highest BCUT2D eigenvalue weighted by Gasteiger charge is 2.25. The predicted molar refractivity (Wildman–Crippen MR) is 61.9 cm³/mol. The summed E-state index contributed by atoms with van der Waals surface area (Å²) in [5.74, 6) is 0.200. The third-order valence-electron chi connectivity index (χ3n) is 2.88. The molecular formula is C12H16N2O3. The molecule has 0 spiro atoms. The maximum absolute atomic E-state index is 12.2. The normalized spacial score (nSPS) is 20.1. The lowest BCUT2D eigenvalue weighted by Crippen LogP contribution is -2.42. The zero-order chi connectivity index (χ0) is 12.3. The lowest BCUT2D eigenvalue weighted by Gasteiger charge is -2.30. The van der Waals surface area contributed by atoms with Crippen molar-refractivity contribution >= 4 is 5.91 Å². The van der Waals surface area contributed by atoms with Gasteiger partial charge >= 0.3 is 0 Å². The van der Waals surface area contributed by atoms with Crippen LogP contribution in [0, 0.1) is 0 Å². The van der Waals surface area contributed by atoms with Crippen molar-refractivity contribution in [2.24, 2.45) is 0 Å². The highest BCUT2D eigenvalue weighted by Crippen LogP contribution is 2.19. The number of piperidine rings is 1. The van der Waals surface area contributed by atoms with Crippen LogP contribution in [-0.4, -0.2) is 47.2 Å². The van der Waals surface area contributed by atoms with Gasteiger partial charge in [0.1, 0.15) is 5.56 Å². The molecule has 0 saturated carbocycles. The smallest absolute Gasteiger partial charge is 0.259 e. The van der Waals surface area contributed by atoms with Gasteiger partial charge in [0.25, 0.3) is 5.91 Å². The molecule has 1 fully saturated rings. The predicted octanol–water partition coefficient (Wildman–Crippen LogP) is 0.687. The Morgan fingerprint density at radius 3 is 3.18 bits per heavy atom. The molecule has 1 saturated heterocycles. The number of aromatic nitrogens is 1. The van der Waals surface area contributed by atoms with Gasteiger partial charge in [0.2, 0.25) is 5.88 Å². The summed E-state index contributed by atoms with van der Waals surface area (Å²) >= 11 is 0. The van der Waals surface area contributed by atoms with E-state index in [1.165, 1.54) is 7.11 Å². The Hall–Kier alpha value is -1.62. The van der Waals surface area contributed by atoms with Gasteiger partial charge in [-0.05, 0) is 25.0 Å². The molecule has 1 amide bonds. The van der Waals surface area contributed by atoms with E-state index in [1.54, 1.807) is 23.2 Å². The van der Waals surface area contributed by atoms with E-state index in [1.807, 2.05) is 0 Å². The van der Waals surface area contributed by atoms with Crippen LogP contribution >= 0.6 is 0 Å². The molecule has 1 aliphatic rings. The Bertz CT molecular complexity index is 408. The number of aliphatic hydroxyl groups excluding tert-OH is 1.